The van der Waals surface area contributed by atoms with Crippen LogP contribution >= 0.6 is 11.8 Å². The summed E-state index contributed by atoms with van der Waals surface area (Å²) in [5.41, 5.74) is 0.551. The molecular formula is C17H15N3O3S. The first-order valence-electron chi connectivity index (χ1n) is 7.14. The lowest BCUT2D eigenvalue weighted by Crippen LogP contribution is -2.29. The van der Waals surface area contributed by atoms with Crippen LogP contribution in [0.25, 0.3) is 17.1 Å². The second kappa shape index (κ2) is 6.76. The van der Waals surface area contributed by atoms with Crippen molar-refractivity contribution in [1.82, 2.24) is 14.5 Å². The van der Waals surface area contributed by atoms with Crippen molar-refractivity contribution in [2.45, 2.75) is 4.90 Å². The smallest absolute Gasteiger partial charge is 0.333 e. The Bertz CT molecular complexity index is 980. The van der Waals surface area contributed by atoms with Crippen molar-refractivity contribution in [3.05, 3.63) is 69.5 Å². The number of aromatic nitrogens is 3. The maximum absolute atomic E-state index is 12.4. The molecule has 2 aromatic heterocycles. The number of hydrogen-bond donors (Lipinski definition) is 1. The largest absolute Gasteiger partial charge is 0.496 e. The van der Waals surface area contributed by atoms with E-state index >= 15 is 0 Å². The number of nitrogens with one attached hydrogen (secondary N) is 1. The molecule has 3 aromatic rings. The van der Waals surface area contributed by atoms with E-state index in [-0.39, 0.29) is 0 Å². The van der Waals surface area contributed by atoms with E-state index in [1.165, 1.54) is 10.6 Å². The molecule has 0 amide bonds. The van der Waals surface area contributed by atoms with Gasteiger partial charge in [-0.3, -0.25) is 19.3 Å². The molecule has 7 heteroatoms. The summed E-state index contributed by atoms with van der Waals surface area (Å²) < 4.78 is 6.80. The van der Waals surface area contributed by atoms with Crippen molar-refractivity contribution in [2.24, 2.45) is 0 Å². The summed E-state index contributed by atoms with van der Waals surface area (Å²) in [5, 5.41) is 0. The summed E-state index contributed by atoms with van der Waals surface area (Å²) in [4.78, 5) is 31.7. The van der Waals surface area contributed by atoms with Gasteiger partial charge >= 0.3 is 5.69 Å². The zero-order chi connectivity index (χ0) is 17.1. The molecule has 0 aliphatic carbocycles. The number of pyridine rings is 1. The van der Waals surface area contributed by atoms with Gasteiger partial charge in [-0.1, -0.05) is 6.07 Å². The van der Waals surface area contributed by atoms with Crippen LogP contribution in [0.15, 0.2) is 63.1 Å². The first-order chi connectivity index (χ1) is 11.6. The van der Waals surface area contributed by atoms with Crippen molar-refractivity contribution in [1.29, 1.82) is 0 Å². The number of ether oxygens (including phenoxy) is 1. The predicted octanol–water partition coefficient (Wildman–Crippen LogP) is 2.32. The molecule has 2 heterocycles. The van der Waals surface area contributed by atoms with Crippen molar-refractivity contribution in [3.63, 3.8) is 0 Å². The van der Waals surface area contributed by atoms with Crippen molar-refractivity contribution in [2.75, 3.05) is 13.4 Å². The molecule has 6 nitrogen and oxygen atoms in total. The highest BCUT2D eigenvalue weighted by molar-refractivity contribution is 7.98. The minimum Gasteiger partial charge on any atom is -0.496 e. The van der Waals surface area contributed by atoms with Crippen LogP contribution in [0.3, 0.4) is 0 Å². The lowest BCUT2D eigenvalue weighted by molar-refractivity contribution is 0.404. The lowest BCUT2D eigenvalue weighted by Gasteiger charge is -2.14. The molecule has 0 spiro atoms. The maximum atomic E-state index is 12.4. The van der Waals surface area contributed by atoms with E-state index in [2.05, 4.69) is 9.97 Å². The molecule has 0 saturated carbocycles. The zero-order valence-electron chi connectivity index (χ0n) is 13.1. The van der Waals surface area contributed by atoms with E-state index in [4.69, 9.17) is 4.74 Å². The van der Waals surface area contributed by atoms with Gasteiger partial charge in [-0.05, 0) is 30.5 Å². The Balaban J connectivity index is 2.29. The van der Waals surface area contributed by atoms with Gasteiger partial charge in [0.25, 0.3) is 5.56 Å². The van der Waals surface area contributed by atoms with Gasteiger partial charge in [0.2, 0.25) is 0 Å². The van der Waals surface area contributed by atoms with E-state index in [0.717, 1.165) is 4.90 Å². The molecule has 1 aromatic carbocycles. The molecule has 1 N–H and O–H groups in total. The minimum absolute atomic E-state index is 0.420. The van der Waals surface area contributed by atoms with Gasteiger partial charge in [0.05, 0.1) is 24.2 Å². The minimum atomic E-state index is -0.526. The standard InChI is InChI=1S/C17H15N3O3S/c1-23-14-9-11(6-7-15(14)24-2)20-13(10-16(21)19-17(20)22)12-5-3-4-8-18-12/h3-10H,1-2H3,(H,19,21,22). The molecule has 24 heavy (non-hydrogen) atoms. The summed E-state index contributed by atoms with van der Waals surface area (Å²) in [6.45, 7) is 0. The molecule has 0 fully saturated rings. The Kier molecular flexibility index (Phi) is 4.52. The average Bonchev–Trinajstić information content (AvgIpc) is 2.61. The van der Waals surface area contributed by atoms with Crippen LogP contribution in [0.4, 0.5) is 0 Å². The van der Waals surface area contributed by atoms with E-state index < -0.39 is 11.2 Å². The van der Waals surface area contributed by atoms with E-state index in [0.29, 0.717) is 22.8 Å². The first kappa shape index (κ1) is 16.1. The Hall–Kier alpha value is -2.80. The highest BCUT2D eigenvalue weighted by Gasteiger charge is 2.13. The molecule has 0 aliphatic rings. The zero-order valence-corrected chi connectivity index (χ0v) is 14.0. The van der Waals surface area contributed by atoms with E-state index in [1.807, 2.05) is 12.3 Å². The summed E-state index contributed by atoms with van der Waals surface area (Å²) in [5.74, 6) is 0.657. The lowest BCUT2D eigenvalue weighted by atomic mass is 10.2. The maximum Gasteiger partial charge on any atom is 0.333 e. The second-order valence-electron chi connectivity index (χ2n) is 4.91. The van der Waals surface area contributed by atoms with Crippen molar-refractivity contribution < 1.29 is 4.74 Å². The summed E-state index contributed by atoms with van der Waals surface area (Å²) >= 11 is 1.55. The number of nitrogens with zero attached hydrogens (tertiary/aromatic N) is 2. The van der Waals surface area contributed by atoms with Gasteiger partial charge < -0.3 is 4.74 Å². The molecule has 0 unspecified atom stereocenters. The van der Waals surface area contributed by atoms with Gasteiger partial charge in [-0.25, -0.2) is 4.79 Å². The fraction of sp³-hybridized carbons (Fsp3) is 0.118. The molecule has 122 valence electrons. The predicted molar refractivity (Wildman–Crippen MR) is 94.2 cm³/mol. The van der Waals surface area contributed by atoms with Crippen LogP contribution in [-0.4, -0.2) is 27.9 Å². The van der Waals surface area contributed by atoms with E-state index in [9.17, 15) is 9.59 Å². The molecule has 0 bridgehead atoms. The molecule has 3 rings (SSSR count). The molecule has 0 radical (unpaired) electrons. The SMILES string of the molecule is COc1cc(-n2c(-c3ccccn3)cc(=O)[nH]c2=O)ccc1SC. The molecular weight excluding hydrogens is 326 g/mol. The first-order valence-corrected chi connectivity index (χ1v) is 8.36. The fourth-order valence-corrected chi connectivity index (χ4v) is 2.97. The summed E-state index contributed by atoms with van der Waals surface area (Å²) in [6.07, 6.45) is 3.56. The number of aromatic amines is 1. The monoisotopic (exact) mass is 341 g/mol. The van der Waals surface area contributed by atoms with Crippen LogP contribution in [-0.2, 0) is 0 Å². The van der Waals surface area contributed by atoms with Gasteiger partial charge in [0, 0.05) is 23.2 Å². The quantitative estimate of drug-likeness (QED) is 0.737. The number of hydrogen-bond acceptors (Lipinski definition) is 5. The third kappa shape index (κ3) is 2.98. The van der Waals surface area contributed by atoms with E-state index in [1.54, 1.807) is 55.4 Å². The van der Waals surface area contributed by atoms with Crippen LogP contribution < -0.4 is 16.0 Å². The molecule has 0 atom stereocenters. The van der Waals surface area contributed by atoms with Gasteiger partial charge in [-0.15, -0.1) is 11.8 Å². The average molecular weight is 341 g/mol. The number of thioether (sulfide) groups is 1. The van der Waals surface area contributed by atoms with Gasteiger partial charge in [0.15, 0.2) is 0 Å². The van der Waals surface area contributed by atoms with Crippen LogP contribution in [0.5, 0.6) is 5.75 Å². The molecule has 0 aliphatic heterocycles. The molecule has 0 saturated heterocycles. The third-order valence-corrected chi connectivity index (χ3v) is 4.27. The highest BCUT2D eigenvalue weighted by atomic mass is 32.2. The topological polar surface area (TPSA) is 77.0 Å². The van der Waals surface area contributed by atoms with Crippen LogP contribution in [0, 0.1) is 0 Å². The number of rotatable bonds is 4. The third-order valence-electron chi connectivity index (χ3n) is 3.49. The van der Waals surface area contributed by atoms with Crippen LogP contribution in [0.1, 0.15) is 0 Å². The Labute approximate surface area is 142 Å². The fourth-order valence-electron chi connectivity index (χ4n) is 2.42. The van der Waals surface area contributed by atoms with Crippen molar-refractivity contribution in [3.8, 4) is 22.8 Å². The Morgan fingerprint density at radius 3 is 2.67 bits per heavy atom. The second-order valence-corrected chi connectivity index (χ2v) is 5.76. The number of benzene rings is 1. The van der Waals surface area contributed by atoms with Crippen molar-refractivity contribution >= 4 is 11.8 Å². The number of H-pyrrole nitrogens is 1. The van der Waals surface area contributed by atoms with Gasteiger partial charge in [-0.2, -0.15) is 0 Å². The highest BCUT2D eigenvalue weighted by Crippen LogP contribution is 2.30. The summed E-state index contributed by atoms with van der Waals surface area (Å²) in [6, 6.07) is 12.1. The van der Waals surface area contributed by atoms with Gasteiger partial charge in [0.1, 0.15) is 5.75 Å². The normalized spacial score (nSPS) is 10.6. The number of methoxy groups -OCH3 is 1. The Morgan fingerprint density at radius 2 is 2.00 bits per heavy atom. The summed E-state index contributed by atoms with van der Waals surface area (Å²) in [7, 11) is 1.58. The van der Waals surface area contributed by atoms with Crippen LogP contribution in [0.2, 0.25) is 0 Å². The Morgan fingerprint density at radius 1 is 1.17 bits per heavy atom.